The lowest BCUT2D eigenvalue weighted by atomic mass is 10.1. The number of benzene rings is 1. The number of guanidine groups is 1. The van der Waals surface area contributed by atoms with E-state index in [0.717, 1.165) is 29.4 Å². The molecule has 6 nitrogen and oxygen atoms in total. The van der Waals surface area contributed by atoms with Crippen molar-refractivity contribution in [1.82, 2.24) is 10.2 Å². The number of nitrogens with one attached hydrogen (secondary N) is 1. The average Bonchev–Trinajstić information content (AvgIpc) is 2.55. The molecule has 0 amide bonds. The minimum atomic E-state index is -3.06. The van der Waals surface area contributed by atoms with E-state index in [1.807, 2.05) is 36.9 Å². The third-order valence-electron chi connectivity index (χ3n) is 4.56. The van der Waals surface area contributed by atoms with Crippen LogP contribution in [0.2, 0.25) is 0 Å². The molecule has 0 aliphatic carbocycles. The highest BCUT2D eigenvalue weighted by Gasteiger charge is 2.40. The zero-order valence-corrected chi connectivity index (χ0v) is 16.6. The zero-order chi connectivity index (χ0) is 18.7. The molecule has 1 aromatic rings. The molecule has 0 bridgehead atoms. The molecule has 1 saturated heterocycles. The van der Waals surface area contributed by atoms with E-state index in [1.54, 1.807) is 21.0 Å². The van der Waals surface area contributed by atoms with E-state index in [-0.39, 0.29) is 5.75 Å². The number of rotatable bonds is 4. The first-order valence-electron chi connectivity index (χ1n) is 8.59. The first-order chi connectivity index (χ1) is 11.7. The van der Waals surface area contributed by atoms with Crippen LogP contribution in [0, 0.1) is 6.92 Å². The van der Waals surface area contributed by atoms with E-state index in [9.17, 15) is 8.42 Å². The molecule has 0 spiro atoms. The highest BCUT2D eigenvalue weighted by molar-refractivity contribution is 7.92. The second-order valence-electron chi connectivity index (χ2n) is 6.97. The fraction of sp³-hybridized carbons (Fsp3) is 0.611. The minimum Gasteiger partial charge on any atom is -0.496 e. The smallest absolute Gasteiger partial charge is 0.194 e. The summed E-state index contributed by atoms with van der Waals surface area (Å²) in [5, 5.41) is 3.28. The molecule has 0 atom stereocenters. The molecule has 7 heteroatoms. The molecule has 0 saturated carbocycles. The Hall–Kier alpha value is -1.76. The SMILES string of the molecule is CCNC(=NCc1ccc(C)c(OC)c1)N1CCS(=O)(=O)C(C)(C)C1. The molecule has 1 heterocycles. The van der Waals surface area contributed by atoms with Crippen LogP contribution in [0.3, 0.4) is 0 Å². The standard InChI is InChI=1S/C18H29N3O3S/c1-6-19-17(21-9-10-25(22,23)18(3,4)13-21)20-12-15-8-7-14(2)16(11-15)24-5/h7-8,11H,6,9-10,12-13H2,1-5H3,(H,19,20). The van der Waals surface area contributed by atoms with Gasteiger partial charge in [0.05, 0.1) is 24.2 Å². The normalized spacial score (nSPS) is 19.6. The number of ether oxygens (including phenoxy) is 1. The van der Waals surface area contributed by atoms with E-state index in [1.165, 1.54) is 0 Å². The van der Waals surface area contributed by atoms with Gasteiger partial charge in [-0.3, -0.25) is 0 Å². The summed E-state index contributed by atoms with van der Waals surface area (Å²) in [5.41, 5.74) is 2.15. The van der Waals surface area contributed by atoms with Crippen LogP contribution >= 0.6 is 0 Å². The van der Waals surface area contributed by atoms with E-state index in [0.29, 0.717) is 19.6 Å². The van der Waals surface area contributed by atoms with Crippen molar-refractivity contribution in [2.75, 3.05) is 32.5 Å². The number of nitrogens with zero attached hydrogens (tertiary/aromatic N) is 2. The van der Waals surface area contributed by atoms with Gasteiger partial charge in [-0.2, -0.15) is 0 Å². The van der Waals surface area contributed by atoms with Crippen molar-refractivity contribution in [3.05, 3.63) is 29.3 Å². The van der Waals surface area contributed by atoms with Crippen LogP contribution in [-0.4, -0.2) is 56.5 Å². The topological polar surface area (TPSA) is 71.0 Å². The highest BCUT2D eigenvalue weighted by Crippen LogP contribution is 2.24. The van der Waals surface area contributed by atoms with Crippen LogP contribution in [0.15, 0.2) is 23.2 Å². The molecule has 1 fully saturated rings. The Labute approximate surface area is 151 Å². The van der Waals surface area contributed by atoms with Crippen molar-refractivity contribution in [1.29, 1.82) is 0 Å². The molecule has 0 unspecified atom stereocenters. The molecular weight excluding hydrogens is 338 g/mol. The Morgan fingerprint density at radius 2 is 2.12 bits per heavy atom. The third-order valence-corrected chi connectivity index (χ3v) is 7.09. The van der Waals surface area contributed by atoms with Crippen LogP contribution in [-0.2, 0) is 16.4 Å². The predicted molar refractivity (Wildman–Crippen MR) is 102 cm³/mol. The molecule has 0 aromatic heterocycles. The first-order valence-corrected chi connectivity index (χ1v) is 10.2. The fourth-order valence-electron chi connectivity index (χ4n) is 2.88. The maximum atomic E-state index is 12.2. The zero-order valence-electron chi connectivity index (χ0n) is 15.8. The number of sulfone groups is 1. The lowest BCUT2D eigenvalue weighted by molar-refractivity contribution is 0.353. The summed E-state index contributed by atoms with van der Waals surface area (Å²) in [6.07, 6.45) is 0. The van der Waals surface area contributed by atoms with Crippen LogP contribution in [0.25, 0.3) is 0 Å². The van der Waals surface area contributed by atoms with Gasteiger partial charge >= 0.3 is 0 Å². The average molecular weight is 368 g/mol. The number of aryl methyl sites for hydroxylation is 1. The second-order valence-corrected chi connectivity index (χ2v) is 9.72. The molecule has 1 N–H and O–H groups in total. The number of hydrogen-bond acceptors (Lipinski definition) is 4. The third kappa shape index (κ3) is 4.45. The van der Waals surface area contributed by atoms with Crippen molar-refractivity contribution < 1.29 is 13.2 Å². The largest absolute Gasteiger partial charge is 0.496 e. The molecule has 0 radical (unpaired) electrons. The Morgan fingerprint density at radius 3 is 2.72 bits per heavy atom. The summed E-state index contributed by atoms with van der Waals surface area (Å²) in [6, 6.07) is 6.05. The molecule has 1 aliphatic heterocycles. The van der Waals surface area contributed by atoms with Crippen LogP contribution in [0.4, 0.5) is 0 Å². The molecule has 2 rings (SSSR count). The molecule has 25 heavy (non-hydrogen) atoms. The van der Waals surface area contributed by atoms with Crippen LogP contribution in [0.5, 0.6) is 5.75 Å². The quantitative estimate of drug-likeness (QED) is 0.651. The summed E-state index contributed by atoms with van der Waals surface area (Å²) >= 11 is 0. The van der Waals surface area contributed by atoms with Crippen molar-refractivity contribution in [2.45, 2.75) is 39.0 Å². The van der Waals surface area contributed by atoms with Crippen LogP contribution < -0.4 is 10.1 Å². The van der Waals surface area contributed by atoms with E-state index in [4.69, 9.17) is 9.73 Å². The molecule has 1 aromatic carbocycles. The summed E-state index contributed by atoms with van der Waals surface area (Å²) in [7, 11) is -1.40. The van der Waals surface area contributed by atoms with Gasteiger partial charge in [0.15, 0.2) is 15.8 Å². The molecule has 140 valence electrons. The van der Waals surface area contributed by atoms with Gasteiger partial charge in [-0.05, 0) is 44.9 Å². The number of hydrogen-bond donors (Lipinski definition) is 1. The van der Waals surface area contributed by atoms with Crippen LogP contribution in [0.1, 0.15) is 31.9 Å². The number of methoxy groups -OCH3 is 1. The highest BCUT2D eigenvalue weighted by atomic mass is 32.2. The summed E-state index contributed by atoms with van der Waals surface area (Å²) < 4.78 is 29.0. The maximum absolute atomic E-state index is 12.2. The number of aliphatic imine (C=N–C) groups is 1. The second kappa shape index (κ2) is 7.64. The van der Waals surface area contributed by atoms with Gasteiger partial charge < -0.3 is 15.0 Å². The molecular formula is C18H29N3O3S. The van der Waals surface area contributed by atoms with Crippen molar-refractivity contribution in [3.63, 3.8) is 0 Å². The first kappa shape index (κ1) is 19.6. The predicted octanol–water partition coefficient (Wildman–Crippen LogP) is 1.98. The summed E-state index contributed by atoms with van der Waals surface area (Å²) in [5.74, 6) is 1.76. The molecule has 1 aliphatic rings. The lowest BCUT2D eigenvalue weighted by Gasteiger charge is -2.39. The fourth-order valence-corrected chi connectivity index (χ4v) is 4.25. The summed E-state index contributed by atoms with van der Waals surface area (Å²) in [4.78, 5) is 6.74. The van der Waals surface area contributed by atoms with Gasteiger partial charge in [-0.25, -0.2) is 13.4 Å². The van der Waals surface area contributed by atoms with E-state index >= 15 is 0 Å². The van der Waals surface area contributed by atoms with Gasteiger partial charge in [0, 0.05) is 19.6 Å². The Balaban J connectivity index is 2.19. The summed E-state index contributed by atoms with van der Waals surface area (Å²) in [6.45, 7) is 9.74. The Bertz CT molecular complexity index is 742. The van der Waals surface area contributed by atoms with E-state index < -0.39 is 14.6 Å². The van der Waals surface area contributed by atoms with Crippen molar-refractivity contribution in [3.8, 4) is 5.75 Å². The Morgan fingerprint density at radius 1 is 1.40 bits per heavy atom. The van der Waals surface area contributed by atoms with Gasteiger partial charge in [0.25, 0.3) is 0 Å². The van der Waals surface area contributed by atoms with Gasteiger partial charge in [0.1, 0.15) is 5.75 Å². The van der Waals surface area contributed by atoms with Crippen molar-refractivity contribution >= 4 is 15.8 Å². The van der Waals surface area contributed by atoms with E-state index in [2.05, 4.69) is 5.32 Å². The van der Waals surface area contributed by atoms with Gasteiger partial charge in [0.2, 0.25) is 0 Å². The minimum absolute atomic E-state index is 0.156. The van der Waals surface area contributed by atoms with Crippen molar-refractivity contribution in [2.24, 2.45) is 4.99 Å². The lowest BCUT2D eigenvalue weighted by Crippen LogP contribution is -2.57. The maximum Gasteiger partial charge on any atom is 0.194 e. The van der Waals surface area contributed by atoms with Gasteiger partial charge in [-0.15, -0.1) is 0 Å². The Kier molecular flexibility index (Phi) is 5.98. The van der Waals surface area contributed by atoms with Gasteiger partial charge in [-0.1, -0.05) is 12.1 Å². The monoisotopic (exact) mass is 367 g/mol.